The molecule has 0 aliphatic carbocycles. The van der Waals surface area contributed by atoms with Gasteiger partial charge < -0.3 is 10.2 Å². The Morgan fingerprint density at radius 1 is 1.29 bits per heavy atom. The van der Waals surface area contributed by atoms with E-state index in [0.29, 0.717) is 12.2 Å². The number of benzene rings is 1. The van der Waals surface area contributed by atoms with Crippen LogP contribution in [0.25, 0.3) is 0 Å². The van der Waals surface area contributed by atoms with Crippen molar-refractivity contribution < 1.29 is 13.2 Å². The van der Waals surface area contributed by atoms with Crippen LogP contribution in [0.3, 0.4) is 0 Å². The maximum absolute atomic E-state index is 12.3. The Kier molecular flexibility index (Phi) is 6.77. The van der Waals surface area contributed by atoms with Crippen LogP contribution in [0.5, 0.6) is 0 Å². The highest BCUT2D eigenvalue weighted by atomic mass is 32.2. The molecule has 0 spiro atoms. The highest BCUT2D eigenvalue weighted by Crippen LogP contribution is 2.16. The van der Waals surface area contributed by atoms with Crippen molar-refractivity contribution in [3.63, 3.8) is 0 Å². The third-order valence-electron chi connectivity index (χ3n) is 4.17. The van der Waals surface area contributed by atoms with Gasteiger partial charge in [0.25, 0.3) is 0 Å². The molecule has 134 valence electrons. The molecule has 6 nitrogen and oxygen atoms in total. The quantitative estimate of drug-likeness (QED) is 0.736. The minimum atomic E-state index is -3.50. The minimum Gasteiger partial charge on any atom is -0.326 e. The topological polar surface area (TPSA) is 78.5 Å². The molecule has 1 fully saturated rings. The molecule has 1 aromatic rings. The molecule has 1 amide bonds. The number of amides is 1. The summed E-state index contributed by atoms with van der Waals surface area (Å²) in [7, 11) is -3.50. The molecule has 2 rings (SSSR count). The number of carbonyl (C=O) groups is 1. The van der Waals surface area contributed by atoms with E-state index < -0.39 is 10.0 Å². The minimum absolute atomic E-state index is 0.184. The van der Waals surface area contributed by atoms with E-state index >= 15 is 0 Å². The summed E-state index contributed by atoms with van der Waals surface area (Å²) in [5, 5.41) is 2.62. The highest BCUT2D eigenvalue weighted by molar-refractivity contribution is 7.89. The summed E-state index contributed by atoms with van der Waals surface area (Å²) >= 11 is 0. The zero-order chi connectivity index (χ0) is 17.6. The maximum Gasteiger partial charge on any atom is 0.240 e. The predicted molar refractivity (Wildman–Crippen MR) is 95.4 cm³/mol. The number of rotatable bonds is 7. The Labute approximate surface area is 144 Å². The second kappa shape index (κ2) is 8.60. The fraction of sp³-hybridized carbons (Fsp3) is 0.588. The summed E-state index contributed by atoms with van der Waals surface area (Å²) in [5.74, 6) is 0.549. The highest BCUT2D eigenvalue weighted by Gasteiger charge is 2.17. The summed E-state index contributed by atoms with van der Waals surface area (Å²) in [6.45, 7) is 7.25. The number of sulfonamides is 1. The van der Waals surface area contributed by atoms with Gasteiger partial charge in [-0.25, -0.2) is 13.1 Å². The summed E-state index contributed by atoms with van der Waals surface area (Å²) in [5.41, 5.74) is 0.584. The Bertz CT molecular complexity index is 644. The number of carbonyl (C=O) groups excluding carboxylic acids is 1. The Morgan fingerprint density at radius 3 is 2.62 bits per heavy atom. The van der Waals surface area contributed by atoms with Gasteiger partial charge in [-0.3, -0.25) is 4.79 Å². The molecule has 1 heterocycles. The van der Waals surface area contributed by atoms with Crippen molar-refractivity contribution in [2.75, 3.05) is 31.5 Å². The summed E-state index contributed by atoms with van der Waals surface area (Å²) in [6, 6.07) is 6.18. The normalized spacial score (nSPS) is 19.2. The molecule has 0 radical (unpaired) electrons. The molecule has 1 atom stereocenters. The maximum atomic E-state index is 12.3. The Morgan fingerprint density at radius 2 is 2.00 bits per heavy atom. The van der Waals surface area contributed by atoms with E-state index in [1.807, 2.05) is 0 Å². The summed E-state index contributed by atoms with van der Waals surface area (Å²) < 4.78 is 27.2. The molecule has 0 saturated carbocycles. The standard InChI is InChI=1S/C17H27N3O3S/c1-14-5-3-11-20(13-14)12-4-10-18-24(22,23)17-8-6-16(7-9-17)19-15(2)21/h6-9,14,18H,3-5,10-13H2,1-2H3,(H,19,21)/t14-/m1/s1. The molecule has 2 N–H and O–H groups in total. The molecule has 0 aromatic heterocycles. The number of nitrogens with zero attached hydrogens (tertiary/aromatic N) is 1. The second-order valence-electron chi connectivity index (χ2n) is 6.50. The number of nitrogens with one attached hydrogen (secondary N) is 2. The molecule has 1 aromatic carbocycles. The first-order valence-electron chi connectivity index (χ1n) is 8.46. The fourth-order valence-electron chi connectivity index (χ4n) is 3.00. The van der Waals surface area contributed by atoms with Gasteiger partial charge in [-0.15, -0.1) is 0 Å². The number of hydrogen-bond donors (Lipinski definition) is 2. The zero-order valence-corrected chi connectivity index (χ0v) is 15.2. The molecule has 1 saturated heterocycles. The van der Waals surface area contributed by atoms with Crippen molar-refractivity contribution in [1.82, 2.24) is 9.62 Å². The van der Waals surface area contributed by atoms with E-state index in [-0.39, 0.29) is 10.8 Å². The van der Waals surface area contributed by atoms with Gasteiger partial charge in [0.05, 0.1) is 4.90 Å². The van der Waals surface area contributed by atoms with Gasteiger partial charge in [0.15, 0.2) is 0 Å². The van der Waals surface area contributed by atoms with E-state index in [2.05, 4.69) is 21.9 Å². The van der Waals surface area contributed by atoms with Crippen LogP contribution >= 0.6 is 0 Å². The lowest BCUT2D eigenvalue weighted by molar-refractivity contribution is -0.114. The number of hydrogen-bond acceptors (Lipinski definition) is 4. The van der Waals surface area contributed by atoms with Gasteiger partial charge in [-0.1, -0.05) is 6.92 Å². The van der Waals surface area contributed by atoms with Crippen molar-refractivity contribution in [3.05, 3.63) is 24.3 Å². The van der Waals surface area contributed by atoms with Crippen LogP contribution in [-0.4, -0.2) is 45.4 Å². The van der Waals surface area contributed by atoms with E-state index in [1.165, 1.54) is 31.9 Å². The summed E-state index contributed by atoms with van der Waals surface area (Å²) in [6.07, 6.45) is 3.32. The van der Waals surface area contributed by atoms with Crippen LogP contribution < -0.4 is 10.0 Å². The van der Waals surface area contributed by atoms with Gasteiger partial charge in [0, 0.05) is 25.7 Å². The van der Waals surface area contributed by atoms with Crippen molar-refractivity contribution >= 4 is 21.6 Å². The Balaban J connectivity index is 1.79. The van der Waals surface area contributed by atoms with E-state index in [9.17, 15) is 13.2 Å². The molecular formula is C17H27N3O3S. The smallest absolute Gasteiger partial charge is 0.240 e. The molecule has 1 aliphatic heterocycles. The second-order valence-corrected chi connectivity index (χ2v) is 8.27. The van der Waals surface area contributed by atoms with Crippen LogP contribution in [0.1, 0.15) is 33.1 Å². The third kappa shape index (κ3) is 5.89. The predicted octanol–water partition coefficient (Wildman–Crippen LogP) is 2.05. The van der Waals surface area contributed by atoms with Crippen LogP contribution in [0.2, 0.25) is 0 Å². The molecule has 0 unspecified atom stereocenters. The van der Waals surface area contributed by atoms with Crippen LogP contribution in [-0.2, 0) is 14.8 Å². The number of likely N-dealkylation sites (tertiary alicyclic amines) is 1. The van der Waals surface area contributed by atoms with Crippen molar-refractivity contribution in [2.45, 2.75) is 38.0 Å². The number of piperidine rings is 1. The molecule has 0 bridgehead atoms. The average molecular weight is 353 g/mol. The van der Waals surface area contributed by atoms with Gasteiger partial charge in [0.1, 0.15) is 0 Å². The molecular weight excluding hydrogens is 326 g/mol. The van der Waals surface area contributed by atoms with Gasteiger partial charge >= 0.3 is 0 Å². The molecule has 1 aliphatic rings. The van der Waals surface area contributed by atoms with Gasteiger partial charge in [-0.2, -0.15) is 0 Å². The lowest BCUT2D eigenvalue weighted by atomic mass is 10.0. The lowest BCUT2D eigenvalue weighted by Gasteiger charge is -2.30. The first kappa shape index (κ1) is 18.9. The van der Waals surface area contributed by atoms with Crippen LogP contribution in [0.4, 0.5) is 5.69 Å². The monoisotopic (exact) mass is 353 g/mol. The van der Waals surface area contributed by atoms with Crippen molar-refractivity contribution in [2.24, 2.45) is 5.92 Å². The molecule has 24 heavy (non-hydrogen) atoms. The largest absolute Gasteiger partial charge is 0.326 e. The van der Waals surface area contributed by atoms with Gasteiger partial charge in [-0.05, 0) is 62.5 Å². The third-order valence-corrected chi connectivity index (χ3v) is 5.65. The van der Waals surface area contributed by atoms with Crippen molar-refractivity contribution in [3.8, 4) is 0 Å². The van der Waals surface area contributed by atoms with Crippen LogP contribution in [0, 0.1) is 5.92 Å². The summed E-state index contributed by atoms with van der Waals surface area (Å²) in [4.78, 5) is 13.6. The van der Waals surface area contributed by atoms with Crippen molar-refractivity contribution in [1.29, 1.82) is 0 Å². The number of anilines is 1. The van der Waals surface area contributed by atoms with Gasteiger partial charge in [0.2, 0.25) is 15.9 Å². The van der Waals surface area contributed by atoms with E-state index in [4.69, 9.17) is 0 Å². The lowest BCUT2D eigenvalue weighted by Crippen LogP contribution is -2.36. The first-order chi connectivity index (χ1) is 11.4. The van der Waals surface area contributed by atoms with Crippen LogP contribution in [0.15, 0.2) is 29.2 Å². The SMILES string of the molecule is CC(=O)Nc1ccc(S(=O)(=O)NCCCN2CCC[C@@H](C)C2)cc1. The zero-order valence-electron chi connectivity index (χ0n) is 14.4. The molecule has 7 heteroatoms. The van der Waals surface area contributed by atoms with E-state index in [0.717, 1.165) is 32.0 Å². The van der Waals surface area contributed by atoms with E-state index in [1.54, 1.807) is 12.1 Å². The average Bonchev–Trinajstić information content (AvgIpc) is 2.52. The fourth-order valence-corrected chi connectivity index (χ4v) is 4.08. The first-order valence-corrected chi connectivity index (χ1v) is 9.95. The Hall–Kier alpha value is -1.44.